The van der Waals surface area contributed by atoms with Gasteiger partial charge in [0.2, 0.25) is 5.88 Å². The number of para-hydroxylation sites is 1. The highest BCUT2D eigenvalue weighted by molar-refractivity contribution is 5.78. The van der Waals surface area contributed by atoms with Gasteiger partial charge in [-0.3, -0.25) is 0 Å². The van der Waals surface area contributed by atoms with E-state index in [-0.39, 0.29) is 0 Å². The van der Waals surface area contributed by atoms with Gasteiger partial charge in [-0.2, -0.15) is 0 Å². The highest BCUT2D eigenvalue weighted by Crippen LogP contribution is 2.27. The van der Waals surface area contributed by atoms with E-state index in [1.54, 1.807) is 0 Å². The molecule has 0 radical (unpaired) electrons. The summed E-state index contributed by atoms with van der Waals surface area (Å²) in [7, 11) is 0. The number of pyridine rings is 1. The molecule has 2 N–H and O–H groups in total. The van der Waals surface area contributed by atoms with E-state index in [2.05, 4.69) is 17.1 Å². The van der Waals surface area contributed by atoms with Gasteiger partial charge in [-0.25, -0.2) is 4.98 Å². The van der Waals surface area contributed by atoms with Crippen molar-refractivity contribution in [3.63, 3.8) is 0 Å². The van der Waals surface area contributed by atoms with Crippen LogP contribution in [0.15, 0.2) is 36.4 Å². The van der Waals surface area contributed by atoms with Crippen LogP contribution < -0.4 is 10.5 Å². The van der Waals surface area contributed by atoms with E-state index >= 15 is 0 Å². The number of hydrogen-bond donors (Lipinski definition) is 1. The van der Waals surface area contributed by atoms with E-state index in [1.807, 2.05) is 24.3 Å². The molecule has 1 aliphatic carbocycles. The number of aromatic nitrogens is 1. The van der Waals surface area contributed by atoms with Crippen LogP contribution in [0.1, 0.15) is 25.7 Å². The highest BCUT2D eigenvalue weighted by atomic mass is 16.5. The van der Waals surface area contributed by atoms with Gasteiger partial charge in [0.15, 0.2) is 0 Å². The average molecular weight is 256 g/mol. The van der Waals surface area contributed by atoms with Gasteiger partial charge in [0.25, 0.3) is 0 Å². The molecule has 1 fully saturated rings. The number of nitrogens with zero attached hydrogens (tertiary/aromatic N) is 1. The molecule has 0 aliphatic heterocycles. The fourth-order valence-electron chi connectivity index (χ4n) is 2.77. The number of ether oxygens (including phenoxy) is 1. The van der Waals surface area contributed by atoms with Crippen molar-refractivity contribution in [3.8, 4) is 5.88 Å². The van der Waals surface area contributed by atoms with Crippen molar-refractivity contribution in [2.75, 3.05) is 6.54 Å². The zero-order valence-corrected chi connectivity index (χ0v) is 11.1. The first-order valence-electron chi connectivity index (χ1n) is 7.07. The summed E-state index contributed by atoms with van der Waals surface area (Å²) in [6.07, 6.45) is 4.84. The van der Waals surface area contributed by atoms with Crippen LogP contribution in [0, 0.1) is 5.92 Å². The lowest BCUT2D eigenvalue weighted by molar-refractivity contribution is 0.128. The van der Waals surface area contributed by atoms with Crippen molar-refractivity contribution >= 4 is 10.9 Å². The lowest BCUT2D eigenvalue weighted by atomic mass is 9.87. The molecular weight excluding hydrogens is 236 g/mol. The molecule has 1 aromatic heterocycles. The van der Waals surface area contributed by atoms with Crippen LogP contribution in [-0.4, -0.2) is 17.6 Å². The minimum absolute atomic E-state index is 0.302. The van der Waals surface area contributed by atoms with Crippen molar-refractivity contribution in [2.24, 2.45) is 11.7 Å². The van der Waals surface area contributed by atoms with Gasteiger partial charge >= 0.3 is 0 Å². The van der Waals surface area contributed by atoms with E-state index in [0.29, 0.717) is 12.0 Å². The van der Waals surface area contributed by atoms with E-state index in [0.717, 1.165) is 36.2 Å². The van der Waals surface area contributed by atoms with Crippen LogP contribution in [0.25, 0.3) is 10.9 Å². The molecule has 1 saturated carbocycles. The molecule has 0 spiro atoms. The van der Waals surface area contributed by atoms with Gasteiger partial charge < -0.3 is 10.5 Å². The fourth-order valence-corrected chi connectivity index (χ4v) is 2.77. The number of fused-ring (bicyclic) bond motifs is 1. The Balaban J connectivity index is 1.68. The van der Waals surface area contributed by atoms with Crippen LogP contribution >= 0.6 is 0 Å². The van der Waals surface area contributed by atoms with E-state index in [4.69, 9.17) is 10.5 Å². The van der Waals surface area contributed by atoms with Crippen molar-refractivity contribution < 1.29 is 4.74 Å². The summed E-state index contributed by atoms with van der Waals surface area (Å²) >= 11 is 0. The molecule has 3 heteroatoms. The van der Waals surface area contributed by atoms with Gasteiger partial charge in [0.1, 0.15) is 6.10 Å². The second-order valence-corrected chi connectivity index (χ2v) is 5.34. The minimum atomic E-state index is 0.302. The average Bonchev–Trinajstić information content (AvgIpc) is 2.48. The fraction of sp³-hybridized carbons (Fsp3) is 0.438. The number of hydrogen-bond acceptors (Lipinski definition) is 3. The summed E-state index contributed by atoms with van der Waals surface area (Å²) in [5, 5.41) is 1.15. The number of nitrogens with two attached hydrogens (primary N) is 1. The van der Waals surface area contributed by atoms with E-state index in [9.17, 15) is 0 Å². The molecule has 0 saturated heterocycles. The third kappa shape index (κ3) is 2.87. The Labute approximate surface area is 113 Å². The first-order chi connectivity index (χ1) is 9.35. The zero-order valence-electron chi connectivity index (χ0n) is 11.1. The van der Waals surface area contributed by atoms with E-state index in [1.165, 1.54) is 12.8 Å². The van der Waals surface area contributed by atoms with Gasteiger partial charge in [-0.1, -0.05) is 18.2 Å². The minimum Gasteiger partial charge on any atom is -0.474 e. The molecule has 100 valence electrons. The monoisotopic (exact) mass is 256 g/mol. The van der Waals surface area contributed by atoms with Crippen LogP contribution in [0.3, 0.4) is 0 Å². The molecule has 1 heterocycles. The molecule has 3 nitrogen and oxygen atoms in total. The predicted octanol–water partition coefficient (Wildman–Crippen LogP) is 3.13. The highest BCUT2D eigenvalue weighted by Gasteiger charge is 2.21. The van der Waals surface area contributed by atoms with Crippen LogP contribution in [0.2, 0.25) is 0 Å². The first kappa shape index (κ1) is 12.4. The quantitative estimate of drug-likeness (QED) is 0.917. The van der Waals surface area contributed by atoms with Gasteiger partial charge in [0.05, 0.1) is 5.52 Å². The van der Waals surface area contributed by atoms with E-state index < -0.39 is 0 Å². The molecule has 0 atom stereocenters. The summed E-state index contributed by atoms with van der Waals surface area (Å²) in [5.41, 5.74) is 6.71. The topological polar surface area (TPSA) is 48.1 Å². The molecule has 0 bridgehead atoms. The van der Waals surface area contributed by atoms with Crippen molar-refractivity contribution in [1.29, 1.82) is 0 Å². The molecular formula is C16H20N2O. The number of benzene rings is 1. The zero-order chi connectivity index (χ0) is 13.1. The summed E-state index contributed by atoms with van der Waals surface area (Å²) in [5.74, 6) is 1.43. The Morgan fingerprint density at radius 3 is 2.63 bits per heavy atom. The first-order valence-corrected chi connectivity index (χ1v) is 7.07. The van der Waals surface area contributed by atoms with Crippen molar-refractivity contribution in [1.82, 2.24) is 4.98 Å². The van der Waals surface area contributed by atoms with Crippen LogP contribution in [0.5, 0.6) is 5.88 Å². The third-order valence-corrected chi connectivity index (χ3v) is 3.99. The van der Waals surface area contributed by atoms with Crippen LogP contribution in [0.4, 0.5) is 0 Å². The molecule has 1 aliphatic rings. The summed E-state index contributed by atoms with van der Waals surface area (Å²) in [6, 6.07) is 12.2. The maximum Gasteiger partial charge on any atom is 0.214 e. The Bertz CT molecular complexity index is 547. The molecule has 3 rings (SSSR count). The van der Waals surface area contributed by atoms with Crippen molar-refractivity contribution in [3.05, 3.63) is 36.4 Å². The normalized spacial score (nSPS) is 23.4. The molecule has 2 aromatic rings. The lowest BCUT2D eigenvalue weighted by Gasteiger charge is -2.27. The maximum atomic E-state index is 6.00. The molecule has 0 amide bonds. The Kier molecular flexibility index (Phi) is 3.65. The third-order valence-electron chi connectivity index (χ3n) is 3.99. The lowest BCUT2D eigenvalue weighted by Crippen LogP contribution is -2.27. The van der Waals surface area contributed by atoms with Gasteiger partial charge in [-0.05, 0) is 50.3 Å². The predicted molar refractivity (Wildman–Crippen MR) is 77.2 cm³/mol. The Hall–Kier alpha value is -1.61. The second kappa shape index (κ2) is 5.57. The summed E-state index contributed by atoms with van der Waals surface area (Å²) in [4.78, 5) is 4.56. The Morgan fingerprint density at radius 1 is 1.05 bits per heavy atom. The standard InChI is InChI=1S/C16H20N2O/c17-11-12-5-8-14(9-6-12)19-16-10-7-13-3-1-2-4-15(13)18-16/h1-4,7,10,12,14H,5-6,8-9,11,17H2. The summed E-state index contributed by atoms with van der Waals surface area (Å²) in [6.45, 7) is 0.806. The van der Waals surface area contributed by atoms with Gasteiger partial charge in [-0.15, -0.1) is 0 Å². The smallest absolute Gasteiger partial charge is 0.214 e. The van der Waals surface area contributed by atoms with Gasteiger partial charge in [0, 0.05) is 11.5 Å². The SMILES string of the molecule is NCC1CCC(Oc2ccc3ccccc3n2)CC1. The maximum absolute atomic E-state index is 6.00. The second-order valence-electron chi connectivity index (χ2n) is 5.34. The molecule has 0 unspecified atom stereocenters. The Morgan fingerprint density at radius 2 is 1.84 bits per heavy atom. The van der Waals surface area contributed by atoms with Crippen molar-refractivity contribution in [2.45, 2.75) is 31.8 Å². The largest absolute Gasteiger partial charge is 0.474 e. The van der Waals surface area contributed by atoms with Crippen LogP contribution in [-0.2, 0) is 0 Å². The number of rotatable bonds is 3. The molecule has 19 heavy (non-hydrogen) atoms. The molecule has 1 aromatic carbocycles. The summed E-state index contributed by atoms with van der Waals surface area (Å²) < 4.78 is 6.00.